The molecule has 0 saturated carbocycles. The summed E-state index contributed by atoms with van der Waals surface area (Å²) in [5.41, 5.74) is 1.52. The number of benzene rings is 1. The summed E-state index contributed by atoms with van der Waals surface area (Å²) in [6, 6.07) is 5.70. The Hall–Kier alpha value is -1.07. The van der Waals surface area contributed by atoms with E-state index in [9.17, 15) is 9.90 Å². The fourth-order valence-corrected chi connectivity index (χ4v) is 3.56. The molecule has 2 aliphatic heterocycles. The van der Waals surface area contributed by atoms with E-state index in [0.717, 1.165) is 28.7 Å². The molecule has 20 heavy (non-hydrogen) atoms. The summed E-state index contributed by atoms with van der Waals surface area (Å²) in [5.74, 6) is 0.137. The van der Waals surface area contributed by atoms with Gasteiger partial charge in [-0.15, -0.1) is 0 Å². The first-order chi connectivity index (χ1) is 9.40. The summed E-state index contributed by atoms with van der Waals surface area (Å²) >= 11 is 3.48. The van der Waals surface area contributed by atoms with Crippen LogP contribution in [0.4, 0.5) is 5.69 Å². The Morgan fingerprint density at radius 1 is 1.45 bits per heavy atom. The molecule has 4 nitrogen and oxygen atoms in total. The molecular formula is C15H19BrN2O2. The van der Waals surface area contributed by atoms with Crippen LogP contribution in [-0.2, 0) is 4.79 Å². The number of hydrogen-bond acceptors (Lipinski definition) is 3. The SMILES string of the molecule is CC1(C)Nc2ccc(Br)cc2[C@H](N2CCCC2=O)[C@@H]1O. The van der Waals surface area contributed by atoms with Gasteiger partial charge in [-0.25, -0.2) is 0 Å². The molecule has 0 spiro atoms. The van der Waals surface area contributed by atoms with E-state index in [1.165, 1.54) is 0 Å². The summed E-state index contributed by atoms with van der Waals surface area (Å²) in [6.45, 7) is 4.66. The van der Waals surface area contributed by atoms with Crippen molar-refractivity contribution in [1.29, 1.82) is 0 Å². The van der Waals surface area contributed by atoms with Crippen LogP contribution >= 0.6 is 15.9 Å². The van der Waals surface area contributed by atoms with Gasteiger partial charge in [-0.3, -0.25) is 4.79 Å². The van der Waals surface area contributed by atoms with Gasteiger partial charge in [-0.2, -0.15) is 0 Å². The van der Waals surface area contributed by atoms with Gasteiger partial charge in [0.1, 0.15) is 6.10 Å². The Labute approximate surface area is 127 Å². The highest BCUT2D eigenvalue weighted by molar-refractivity contribution is 9.10. The van der Waals surface area contributed by atoms with Crippen molar-refractivity contribution in [1.82, 2.24) is 4.90 Å². The number of likely N-dealkylation sites (tertiary alicyclic amines) is 1. The van der Waals surface area contributed by atoms with Crippen LogP contribution in [0.2, 0.25) is 0 Å². The number of halogens is 1. The summed E-state index contributed by atoms with van der Waals surface area (Å²) < 4.78 is 0.960. The van der Waals surface area contributed by atoms with Gasteiger partial charge in [0.25, 0.3) is 0 Å². The third-order valence-corrected chi connectivity index (χ3v) is 4.77. The molecule has 108 valence electrons. The molecule has 2 atom stereocenters. The minimum atomic E-state index is -0.633. The molecule has 5 heteroatoms. The third-order valence-electron chi connectivity index (χ3n) is 4.27. The number of carbonyl (C=O) groups excluding carboxylic acids is 1. The van der Waals surface area contributed by atoms with E-state index in [-0.39, 0.29) is 11.9 Å². The largest absolute Gasteiger partial charge is 0.388 e. The maximum Gasteiger partial charge on any atom is 0.223 e. The topological polar surface area (TPSA) is 52.6 Å². The van der Waals surface area contributed by atoms with Crippen LogP contribution in [0.15, 0.2) is 22.7 Å². The van der Waals surface area contributed by atoms with Crippen molar-refractivity contribution in [2.75, 3.05) is 11.9 Å². The van der Waals surface area contributed by atoms with Crippen LogP contribution < -0.4 is 5.32 Å². The van der Waals surface area contributed by atoms with Crippen LogP contribution in [0, 0.1) is 0 Å². The normalized spacial score (nSPS) is 28.2. The molecule has 3 rings (SSSR count). The molecule has 2 aliphatic rings. The maximum atomic E-state index is 12.1. The first kappa shape index (κ1) is 13.9. The summed E-state index contributed by atoms with van der Waals surface area (Å²) in [5, 5.41) is 14.1. The number of carbonyl (C=O) groups is 1. The number of hydrogen-bond donors (Lipinski definition) is 2. The van der Waals surface area contributed by atoms with Crippen molar-refractivity contribution in [3.05, 3.63) is 28.2 Å². The fourth-order valence-electron chi connectivity index (χ4n) is 3.18. The van der Waals surface area contributed by atoms with Gasteiger partial charge in [0.2, 0.25) is 5.91 Å². The number of aliphatic hydroxyl groups excluding tert-OH is 1. The second-order valence-electron chi connectivity index (χ2n) is 6.16. The zero-order valence-electron chi connectivity index (χ0n) is 11.7. The highest BCUT2D eigenvalue weighted by Gasteiger charge is 2.45. The van der Waals surface area contributed by atoms with Gasteiger partial charge in [0, 0.05) is 28.7 Å². The predicted octanol–water partition coefficient (Wildman–Crippen LogP) is 2.68. The van der Waals surface area contributed by atoms with Gasteiger partial charge < -0.3 is 15.3 Å². The van der Waals surface area contributed by atoms with Gasteiger partial charge in [-0.1, -0.05) is 15.9 Å². The lowest BCUT2D eigenvalue weighted by Crippen LogP contribution is -2.55. The summed E-state index contributed by atoms with van der Waals surface area (Å²) in [6.07, 6.45) is 0.825. The van der Waals surface area contributed by atoms with E-state index in [4.69, 9.17) is 0 Å². The van der Waals surface area contributed by atoms with Crippen molar-refractivity contribution in [2.45, 2.75) is 44.4 Å². The van der Waals surface area contributed by atoms with E-state index >= 15 is 0 Å². The van der Waals surface area contributed by atoms with Gasteiger partial charge in [-0.05, 0) is 38.5 Å². The van der Waals surface area contributed by atoms with E-state index in [2.05, 4.69) is 21.2 Å². The Morgan fingerprint density at radius 2 is 2.20 bits per heavy atom. The van der Waals surface area contributed by atoms with Crippen molar-refractivity contribution < 1.29 is 9.90 Å². The van der Waals surface area contributed by atoms with Crippen molar-refractivity contribution >= 4 is 27.5 Å². The van der Waals surface area contributed by atoms with Crippen LogP contribution in [0.1, 0.15) is 38.3 Å². The third kappa shape index (κ3) is 2.13. The lowest BCUT2D eigenvalue weighted by Gasteiger charge is -2.46. The van der Waals surface area contributed by atoms with Crippen LogP contribution in [0.5, 0.6) is 0 Å². The molecule has 0 unspecified atom stereocenters. The summed E-state index contributed by atoms with van der Waals surface area (Å²) in [7, 11) is 0. The molecule has 1 saturated heterocycles. The number of aliphatic hydroxyl groups is 1. The smallest absolute Gasteiger partial charge is 0.223 e. The van der Waals surface area contributed by atoms with Crippen molar-refractivity contribution in [3.63, 3.8) is 0 Å². The quantitative estimate of drug-likeness (QED) is 0.827. The Morgan fingerprint density at radius 3 is 2.85 bits per heavy atom. The van der Waals surface area contributed by atoms with E-state index < -0.39 is 11.6 Å². The number of rotatable bonds is 1. The minimum absolute atomic E-state index is 0.137. The number of amides is 1. The monoisotopic (exact) mass is 338 g/mol. The molecular weight excluding hydrogens is 320 g/mol. The standard InChI is InChI=1S/C15H19BrN2O2/c1-15(2)14(20)13(18-7-3-4-12(18)19)10-8-9(16)5-6-11(10)17-15/h5-6,8,13-14,17,20H,3-4,7H2,1-2H3/t13-,14-/m0/s1. The Balaban J connectivity index is 2.10. The zero-order chi connectivity index (χ0) is 14.5. The second-order valence-corrected chi connectivity index (χ2v) is 7.07. The van der Waals surface area contributed by atoms with Crippen LogP contribution in [-0.4, -0.2) is 34.1 Å². The first-order valence-electron chi connectivity index (χ1n) is 6.95. The predicted molar refractivity (Wildman–Crippen MR) is 81.5 cm³/mol. The first-order valence-corrected chi connectivity index (χ1v) is 7.74. The summed E-state index contributed by atoms with van der Waals surface area (Å²) in [4.78, 5) is 13.9. The molecule has 1 aromatic rings. The zero-order valence-corrected chi connectivity index (χ0v) is 13.3. The number of nitrogens with one attached hydrogen (secondary N) is 1. The average molecular weight is 339 g/mol. The number of nitrogens with zero attached hydrogens (tertiary/aromatic N) is 1. The van der Waals surface area contributed by atoms with Crippen molar-refractivity contribution in [2.24, 2.45) is 0 Å². The van der Waals surface area contributed by atoms with Gasteiger partial charge >= 0.3 is 0 Å². The number of fused-ring (bicyclic) bond motifs is 1. The highest BCUT2D eigenvalue weighted by atomic mass is 79.9. The lowest BCUT2D eigenvalue weighted by atomic mass is 9.82. The van der Waals surface area contributed by atoms with E-state index in [1.54, 1.807) is 0 Å². The van der Waals surface area contributed by atoms with Crippen molar-refractivity contribution in [3.8, 4) is 0 Å². The van der Waals surface area contributed by atoms with E-state index in [1.807, 2.05) is 36.9 Å². The van der Waals surface area contributed by atoms with Gasteiger partial charge in [0.15, 0.2) is 0 Å². The molecule has 1 amide bonds. The average Bonchev–Trinajstić information content (AvgIpc) is 2.78. The molecule has 0 aliphatic carbocycles. The molecule has 0 aromatic heterocycles. The maximum absolute atomic E-state index is 12.1. The Bertz CT molecular complexity index is 559. The molecule has 0 radical (unpaired) electrons. The molecule has 1 aromatic carbocycles. The van der Waals surface area contributed by atoms with Gasteiger partial charge in [0.05, 0.1) is 11.6 Å². The molecule has 2 heterocycles. The Kier molecular flexibility index (Phi) is 3.29. The molecule has 1 fully saturated rings. The van der Waals surface area contributed by atoms with E-state index in [0.29, 0.717) is 6.42 Å². The lowest BCUT2D eigenvalue weighted by molar-refractivity contribution is -0.133. The molecule has 2 N–H and O–H groups in total. The second kappa shape index (κ2) is 4.74. The minimum Gasteiger partial charge on any atom is -0.388 e. The van der Waals surface area contributed by atoms with Crippen LogP contribution in [0.3, 0.4) is 0 Å². The van der Waals surface area contributed by atoms with Crippen LogP contribution in [0.25, 0.3) is 0 Å². The number of anilines is 1. The highest BCUT2D eigenvalue weighted by Crippen LogP contribution is 2.43. The fraction of sp³-hybridized carbons (Fsp3) is 0.533. The molecule has 0 bridgehead atoms.